The second-order valence-corrected chi connectivity index (χ2v) is 7.63. The molecule has 0 bridgehead atoms. The fraction of sp³-hybridized carbons (Fsp3) is 0.0417. The normalized spacial score (nSPS) is 10.8. The van der Waals surface area contributed by atoms with Gasteiger partial charge in [0.1, 0.15) is 12.3 Å². The van der Waals surface area contributed by atoms with E-state index in [1.54, 1.807) is 53.7 Å². The second-order valence-electron chi connectivity index (χ2n) is 7.63. The van der Waals surface area contributed by atoms with Crippen LogP contribution in [0.4, 0.5) is 5.69 Å². The van der Waals surface area contributed by atoms with Crippen LogP contribution in [0.5, 0.6) is 0 Å². The smallest absolute Gasteiger partial charge is 0.270 e. The molecule has 0 aliphatic heterocycles. The molecule has 178 valence electrons. The van der Waals surface area contributed by atoms with Crippen LogP contribution in [0.2, 0.25) is 0 Å². The number of carbonyl (C=O) groups excluding carboxylic acids is 2. The lowest BCUT2D eigenvalue weighted by Gasteiger charge is -2.10. The van der Waals surface area contributed by atoms with Gasteiger partial charge in [-0.15, -0.1) is 0 Å². The number of nitro benzene ring substituents is 1. The summed E-state index contributed by atoms with van der Waals surface area (Å²) < 4.78 is 7.01. The van der Waals surface area contributed by atoms with Crippen molar-refractivity contribution in [3.05, 3.63) is 106 Å². The van der Waals surface area contributed by atoms with Gasteiger partial charge in [-0.25, -0.2) is 9.67 Å². The Hall–Kier alpha value is -5.39. The molecule has 0 saturated heterocycles. The highest BCUT2D eigenvalue weighted by Crippen LogP contribution is 2.25. The van der Waals surface area contributed by atoms with Crippen LogP contribution in [-0.4, -0.2) is 36.5 Å². The van der Waals surface area contributed by atoms with Crippen molar-refractivity contribution in [2.75, 3.05) is 0 Å². The third-order valence-electron chi connectivity index (χ3n) is 5.31. The summed E-state index contributed by atoms with van der Waals surface area (Å²) in [7, 11) is 0. The number of nitrogens with one attached hydrogen (secondary N) is 2. The summed E-state index contributed by atoms with van der Waals surface area (Å²) in [6, 6.07) is 13.9. The average molecular weight is 483 g/mol. The zero-order valence-corrected chi connectivity index (χ0v) is 18.5. The molecule has 36 heavy (non-hydrogen) atoms. The largest absolute Gasteiger partial charge is 0.467 e. The van der Waals surface area contributed by atoms with Crippen LogP contribution in [0.1, 0.15) is 26.5 Å². The molecule has 0 atom stereocenters. The molecular weight excluding hydrogens is 466 g/mol. The van der Waals surface area contributed by atoms with E-state index in [1.807, 2.05) is 0 Å². The molecule has 2 N–H and O–H groups in total. The van der Waals surface area contributed by atoms with Crippen LogP contribution in [0.3, 0.4) is 0 Å². The van der Waals surface area contributed by atoms with Gasteiger partial charge in [0.05, 0.1) is 34.0 Å². The minimum atomic E-state index is -0.710. The summed E-state index contributed by atoms with van der Waals surface area (Å²) >= 11 is 0. The minimum Gasteiger partial charge on any atom is -0.467 e. The monoisotopic (exact) mass is 483 g/mol. The Bertz CT molecular complexity index is 1580. The van der Waals surface area contributed by atoms with Gasteiger partial charge in [0.2, 0.25) is 0 Å². The molecule has 0 aliphatic rings. The lowest BCUT2D eigenvalue weighted by atomic mass is 10.1. The van der Waals surface area contributed by atoms with Crippen LogP contribution in [-0.2, 0) is 6.54 Å². The Morgan fingerprint density at radius 1 is 1.03 bits per heavy atom. The van der Waals surface area contributed by atoms with Crippen molar-refractivity contribution in [3.63, 3.8) is 0 Å². The van der Waals surface area contributed by atoms with E-state index >= 15 is 0 Å². The number of hydrogen-bond acceptors (Lipinski definition) is 8. The SMILES string of the molecule is O=C(NNC(=O)c1cc(-c2cccnc2)nc2c1cnn2Cc1ccco1)c1cccc([N+](=O)[O-])c1. The van der Waals surface area contributed by atoms with Gasteiger partial charge in [-0.05, 0) is 36.4 Å². The summed E-state index contributed by atoms with van der Waals surface area (Å²) in [5.41, 5.74) is 6.24. The third kappa shape index (κ3) is 4.50. The molecule has 12 heteroatoms. The Kier molecular flexibility index (Phi) is 5.89. The molecule has 2 amide bonds. The quantitative estimate of drug-likeness (QED) is 0.275. The Morgan fingerprint density at radius 2 is 1.89 bits per heavy atom. The average Bonchev–Trinajstić information content (AvgIpc) is 3.57. The predicted octanol–water partition coefficient (Wildman–Crippen LogP) is 3.12. The third-order valence-corrected chi connectivity index (χ3v) is 5.31. The van der Waals surface area contributed by atoms with E-state index in [2.05, 4.69) is 25.9 Å². The Balaban J connectivity index is 1.46. The highest BCUT2D eigenvalue weighted by molar-refractivity contribution is 6.07. The van der Waals surface area contributed by atoms with Gasteiger partial charge < -0.3 is 4.42 Å². The maximum atomic E-state index is 13.1. The van der Waals surface area contributed by atoms with Crippen LogP contribution >= 0.6 is 0 Å². The highest BCUT2D eigenvalue weighted by atomic mass is 16.6. The van der Waals surface area contributed by atoms with E-state index < -0.39 is 16.7 Å². The summed E-state index contributed by atoms with van der Waals surface area (Å²) in [5, 5.41) is 15.8. The molecule has 5 aromatic rings. The lowest BCUT2D eigenvalue weighted by Crippen LogP contribution is -2.41. The van der Waals surface area contributed by atoms with E-state index in [0.29, 0.717) is 34.6 Å². The Morgan fingerprint density at radius 3 is 2.64 bits per heavy atom. The molecule has 1 aromatic carbocycles. The fourth-order valence-electron chi connectivity index (χ4n) is 3.58. The summed E-state index contributed by atoms with van der Waals surface area (Å²) in [5.74, 6) is -0.675. The van der Waals surface area contributed by atoms with E-state index in [4.69, 9.17) is 4.42 Å². The van der Waals surface area contributed by atoms with Crippen molar-refractivity contribution >= 4 is 28.5 Å². The molecule has 0 aliphatic carbocycles. The number of hydrazine groups is 1. The first-order valence-corrected chi connectivity index (χ1v) is 10.6. The summed E-state index contributed by atoms with van der Waals surface area (Å²) in [4.78, 5) is 44.8. The van der Waals surface area contributed by atoms with E-state index in [9.17, 15) is 19.7 Å². The van der Waals surface area contributed by atoms with Crippen molar-refractivity contribution in [1.82, 2.24) is 30.6 Å². The van der Waals surface area contributed by atoms with E-state index in [0.717, 1.165) is 6.07 Å². The fourth-order valence-corrected chi connectivity index (χ4v) is 3.58. The van der Waals surface area contributed by atoms with Gasteiger partial charge in [0.15, 0.2) is 5.65 Å². The number of hydrogen-bond donors (Lipinski definition) is 2. The minimum absolute atomic E-state index is 0.0201. The number of rotatable bonds is 6. The first-order chi connectivity index (χ1) is 17.5. The zero-order chi connectivity index (χ0) is 25.1. The number of nitro groups is 1. The van der Waals surface area contributed by atoms with Crippen LogP contribution in [0.25, 0.3) is 22.3 Å². The number of carbonyl (C=O) groups is 2. The van der Waals surface area contributed by atoms with Gasteiger partial charge in [-0.1, -0.05) is 6.07 Å². The van der Waals surface area contributed by atoms with Crippen LogP contribution in [0, 0.1) is 10.1 Å². The van der Waals surface area contributed by atoms with Crippen molar-refractivity contribution in [2.45, 2.75) is 6.54 Å². The maximum absolute atomic E-state index is 13.1. The standard InChI is InChI=1S/C24H17N7O5/c32-23(15-4-1-6-17(10-15)31(34)35)28-29-24(33)19-11-21(16-5-2-8-25-12-16)27-22-20(19)13-26-30(22)14-18-7-3-9-36-18/h1-13H,14H2,(H,28,32)(H,29,33). The summed E-state index contributed by atoms with van der Waals surface area (Å²) in [6.07, 6.45) is 6.31. The van der Waals surface area contributed by atoms with Gasteiger partial charge in [-0.2, -0.15) is 5.10 Å². The number of furan rings is 1. The van der Waals surface area contributed by atoms with Crippen molar-refractivity contribution in [2.24, 2.45) is 0 Å². The number of fused-ring (bicyclic) bond motifs is 1. The molecule has 4 aromatic heterocycles. The molecule has 0 unspecified atom stereocenters. The zero-order valence-electron chi connectivity index (χ0n) is 18.5. The Labute approximate surface area is 202 Å². The van der Waals surface area contributed by atoms with Crippen molar-refractivity contribution in [1.29, 1.82) is 0 Å². The van der Waals surface area contributed by atoms with Gasteiger partial charge in [0, 0.05) is 35.7 Å². The molecule has 4 heterocycles. The van der Waals surface area contributed by atoms with E-state index in [-0.39, 0.29) is 16.8 Å². The number of nitrogens with zero attached hydrogens (tertiary/aromatic N) is 5. The predicted molar refractivity (Wildman–Crippen MR) is 127 cm³/mol. The van der Waals surface area contributed by atoms with Gasteiger partial charge >= 0.3 is 0 Å². The van der Waals surface area contributed by atoms with E-state index in [1.165, 1.54) is 24.4 Å². The topological polar surface area (TPSA) is 158 Å². The van der Waals surface area contributed by atoms with Gasteiger partial charge in [-0.3, -0.25) is 35.5 Å². The molecule has 0 saturated carbocycles. The summed E-state index contributed by atoms with van der Waals surface area (Å²) in [6.45, 7) is 0.296. The molecule has 5 rings (SSSR count). The van der Waals surface area contributed by atoms with Crippen LogP contribution < -0.4 is 10.9 Å². The molecule has 12 nitrogen and oxygen atoms in total. The number of non-ortho nitro benzene ring substituents is 1. The number of amides is 2. The second kappa shape index (κ2) is 9.46. The molecule has 0 radical (unpaired) electrons. The first-order valence-electron chi connectivity index (χ1n) is 10.6. The van der Waals surface area contributed by atoms with Crippen molar-refractivity contribution in [3.8, 4) is 11.3 Å². The lowest BCUT2D eigenvalue weighted by molar-refractivity contribution is -0.384. The number of pyridine rings is 2. The molecule has 0 fully saturated rings. The number of benzene rings is 1. The van der Waals surface area contributed by atoms with Crippen LogP contribution in [0.15, 0.2) is 83.9 Å². The van der Waals surface area contributed by atoms with Crippen molar-refractivity contribution < 1.29 is 18.9 Å². The highest BCUT2D eigenvalue weighted by Gasteiger charge is 2.19. The maximum Gasteiger partial charge on any atom is 0.270 e. The first kappa shape index (κ1) is 22.4. The molecule has 0 spiro atoms. The van der Waals surface area contributed by atoms with Gasteiger partial charge in [0.25, 0.3) is 17.5 Å². The molecular formula is C24H17N7O5. The number of aromatic nitrogens is 4.